The van der Waals surface area contributed by atoms with E-state index in [1.54, 1.807) is 18.2 Å². The monoisotopic (exact) mass is 554 g/mol. The first-order chi connectivity index (χ1) is 18.2. The van der Waals surface area contributed by atoms with Gasteiger partial charge in [0, 0.05) is 0 Å². The van der Waals surface area contributed by atoms with Crippen LogP contribution in [0.5, 0.6) is 5.88 Å². The highest BCUT2D eigenvalue weighted by molar-refractivity contribution is 6.36. The molecule has 0 unspecified atom stereocenters. The molecule has 0 bridgehead atoms. The van der Waals surface area contributed by atoms with Crippen LogP contribution in [0.1, 0.15) is 22.8 Å². The van der Waals surface area contributed by atoms with E-state index in [2.05, 4.69) is 19.9 Å². The summed E-state index contributed by atoms with van der Waals surface area (Å²) in [4.78, 5) is 44.2. The molecular weight excluding hydrogens is 539 g/mol. The van der Waals surface area contributed by atoms with E-state index < -0.39 is 32.7 Å². The predicted molar refractivity (Wildman–Crippen MR) is 143 cm³/mol. The third-order valence-electron chi connectivity index (χ3n) is 4.53. The van der Waals surface area contributed by atoms with Gasteiger partial charge in [-0.2, -0.15) is 4.98 Å². The van der Waals surface area contributed by atoms with E-state index in [0.29, 0.717) is 0 Å². The highest BCUT2D eigenvalue weighted by Gasteiger charge is 2.22. The van der Waals surface area contributed by atoms with Gasteiger partial charge in [0.2, 0.25) is 10.3 Å². The molecule has 2 aromatic heterocycles. The molecule has 0 aliphatic rings. The van der Waals surface area contributed by atoms with Crippen molar-refractivity contribution in [1.82, 2.24) is 19.9 Å². The summed E-state index contributed by atoms with van der Waals surface area (Å²) in [5, 5.41) is 29.9. The van der Waals surface area contributed by atoms with Crippen molar-refractivity contribution >= 4 is 58.9 Å². The quantitative estimate of drug-likeness (QED) is 0.179. The standard InChI is InChI=1S/C12H7Cl2N3O2.C12H9N3O4/c13-11-10(17(18)19)12(14)16-9(15-11)7-6-8-4-2-1-3-5-8;16-11-10(15(18)19)12(17)14-9(13-11)7-6-8-4-2-1-3-5-8/h1-7H;1-7H,(H2,13,14,16,17). The van der Waals surface area contributed by atoms with E-state index in [4.69, 9.17) is 23.2 Å². The summed E-state index contributed by atoms with van der Waals surface area (Å²) in [6.45, 7) is 0. The Labute approximate surface area is 223 Å². The summed E-state index contributed by atoms with van der Waals surface area (Å²) in [6.07, 6.45) is 6.44. The molecule has 2 heterocycles. The van der Waals surface area contributed by atoms with Crippen LogP contribution in [0.15, 0.2) is 65.5 Å². The second-order valence-electron chi connectivity index (χ2n) is 7.14. The highest BCUT2D eigenvalue weighted by Crippen LogP contribution is 2.29. The Kier molecular flexibility index (Phi) is 9.35. The number of aromatic amines is 1. The maximum Gasteiger partial charge on any atom is 0.395 e. The Balaban J connectivity index is 0.000000211. The fourth-order valence-electron chi connectivity index (χ4n) is 2.83. The fourth-order valence-corrected chi connectivity index (χ4v) is 3.37. The molecule has 4 rings (SSSR count). The Morgan fingerprint density at radius 1 is 0.737 bits per heavy atom. The number of aromatic hydroxyl groups is 1. The molecule has 0 fully saturated rings. The van der Waals surface area contributed by atoms with Gasteiger partial charge in [-0.05, 0) is 23.3 Å². The predicted octanol–water partition coefficient (Wildman–Crippen LogP) is 5.42. The maximum absolute atomic E-state index is 11.4. The lowest BCUT2D eigenvalue weighted by Crippen LogP contribution is -2.14. The minimum atomic E-state index is -0.995. The number of rotatable bonds is 6. The van der Waals surface area contributed by atoms with Crippen LogP contribution in [0.3, 0.4) is 0 Å². The van der Waals surface area contributed by atoms with Crippen LogP contribution in [0.4, 0.5) is 11.4 Å². The molecule has 0 aliphatic carbocycles. The van der Waals surface area contributed by atoms with E-state index in [1.807, 2.05) is 60.7 Å². The van der Waals surface area contributed by atoms with Gasteiger partial charge in [0.05, 0.1) is 9.85 Å². The molecule has 12 nitrogen and oxygen atoms in total. The van der Waals surface area contributed by atoms with Gasteiger partial charge in [-0.3, -0.25) is 25.0 Å². The minimum absolute atomic E-state index is 0.0388. The van der Waals surface area contributed by atoms with Crippen molar-refractivity contribution in [2.75, 3.05) is 0 Å². The first-order valence-electron chi connectivity index (χ1n) is 10.5. The van der Waals surface area contributed by atoms with Crippen molar-refractivity contribution < 1.29 is 15.0 Å². The fraction of sp³-hybridized carbons (Fsp3) is 0. The molecule has 0 atom stereocenters. The van der Waals surface area contributed by atoms with Crippen LogP contribution < -0.4 is 5.56 Å². The van der Waals surface area contributed by atoms with Crippen molar-refractivity contribution in [3.63, 3.8) is 0 Å². The average molecular weight is 555 g/mol. The summed E-state index contributed by atoms with van der Waals surface area (Å²) >= 11 is 11.4. The molecule has 192 valence electrons. The van der Waals surface area contributed by atoms with E-state index in [-0.39, 0.29) is 22.0 Å². The number of hydrogen-bond acceptors (Lipinski definition) is 9. The lowest BCUT2D eigenvalue weighted by atomic mass is 10.2. The molecule has 0 aliphatic heterocycles. The Hall–Kier alpha value is -4.94. The summed E-state index contributed by atoms with van der Waals surface area (Å²) in [5.74, 6) is -0.650. The van der Waals surface area contributed by atoms with Gasteiger partial charge in [-0.15, -0.1) is 0 Å². The number of H-pyrrole nitrogens is 1. The summed E-state index contributed by atoms with van der Waals surface area (Å²) in [6, 6.07) is 18.7. The van der Waals surface area contributed by atoms with Crippen LogP contribution in [0.25, 0.3) is 24.3 Å². The van der Waals surface area contributed by atoms with Crippen molar-refractivity contribution in [1.29, 1.82) is 0 Å². The number of hydrogen-bond donors (Lipinski definition) is 2. The first kappa shape index (κ1) is 27.6. The van der Waals surface area contributed by atoms with Crippen LogP contribution in [0.2, 0.25) is 10.3 Å². The van der Waals surface area contributed by atoms with Crippen LogP contribution in [0, 0.1) is 20.2 Å². The van der Waals surface area contributed by atoms with Gasteiger partial charge < -0.3 is 10.1 Å². The number of nitro groups is 2. The Bertz CT molecular complexity index is 1550. The second kappa shape index (κ2) is 12.9. The lowest BCUT2D eigenvalue weighted by molar-refractivity contribution is -0.387. The molecular formula is C24H16Cl2N6O6. The average Bonchev–Trinajstić information content (AvgIpc) is 2.87. The summed E-state index contributed by atoms with van der Waals surface area (Å²) < 4.78 is 0. The second-order valence-corrected chi connectivity index (χ2v) is 7.85. The molecule has 0 radical (unpaired) electrons. The Morgan fingerprint density at radius 2 is 1.21 bits per heavy atom. The normalized spacial score (nSPS) is 10.8. The number of nitrogens with zero attached hydrogens (tertiary/aromatic N) is 5. The van der Waals surface area contributed by atoms with Crippen molar-refractivity contribution in [2.24, 2.45) is 0 Å². The molecule has 14 heteroatoms. The maximum atomic E-state index is 11.4. The number of halogens is 2. The zero-order valence-corrected chi connectivity index (χ0v) is 20.6. The molecule has 38 heavy (non-hydrogen) atoms. The molecule has 0 spiro atoms. The van der Waals surface area contributed by atoms with Gasteiger partial charge in [-0.1, -0.05) is 96.0 Å². The molecule has 2 aromatic carbocycles. The number of benzene rings is 2. The van der Waals surface area contributed by atoms with Gasteiger partial charge in [0.1, 0.15) is 5.82 Å². The van der Waals surface area contributed by atoms with E-state index in [0.717, 1.165) is 11.1 Å². The van der Waals surface area contributed by atoms with E-state index in [1.165, 1.54) is 6.08 Å². The first-order valence-corrected chi connectivity index (χ1v) is 11.2. The molecule has 0 saturated heterocycles. The lowest BCUT2D eigenvalue weighted by Gasteiger charge is -1.98. The van der Waals surface area contributed by atoms with Crippen LogP contribution in [-0.2, 0) is 0 Å². The molecule has 2 N–H and O–H groups in total. The molecule has 0 amide bonds. The van der Waals surface area contributed by atoms with Crippen LogP contribution in [-0.4, -0.2) is 34.9 Å². The zero-order valence-electron chi connectivity index (χ0n) is 19.1. The third-order valence-corrected chi connectivity index (χ3v) is 5.06. The molecule has 0 saturated carbocycles. The van der Waals surface area contributed by atoms with Crippen molar-refractivity contribution in [3.05, 3.63) is 124 Å². The topological polar surface area (TPSA) is 178 Å². The summed E-state index contributed by atoms with van der Waals surface area (Å²) in [5.41, 5.74) is -0.637. The smallest absolute Gasteiger partial charge is 0.395 e. The van der Waals surface area contributed by atoms with Crippen molar-refractivity contribution in [3.8, 4) is 5.88 Å². The van der Waals surface area contributed by atoms with Gasteiger partial charge in [-0.25, -0.2) is 9.97 Å². The van der Waals surface area contributed by atoms with Crippen LogP contribution >= 0.6 is 23.2 Å². The van der Waals surface area contributed by atoms with E-state index in [9.17, 15) is 30.1 Å². The third kappa shape index (κ3) is 7.53. The van der Waals surface area contributed by atoms with E-state index >= 15 is 0 Å². The number of aromatic nitrogens is 4. The highest BCUT2D eigenvalue weighted by atomic mass is 35.5. The van der Waals surface area contributed by atoms with Gasteiger partial charge in [0.15, 0.2) is 5.82 Å². The van der Waals surface area contributed by atoms with Crippen molar-refractivity contribution in [2.45, 2.75) is 0 Å². The Morgan fingerprint density at radius 3 is 1.66 bits per heavy atom. The zero-order chi connectivity index (χ0) is 27.7. The molecule has 4 aromatic rings. The SMILES string of the molecule is O=[N+]([O-])c1c(Cl)nc(C=Cc2ccccc2)nc1Cl.O=c1[nH]c(C=Cc2ccccc2)nc(O)c1[N+](=O)[O-]. The summed E-state index contributed by atoms with van der Waals surface area (Å²) in [7, 11) is 0. The van der Waals surface area contributed by atoms with Gasteiger partial charge in [0.25, 0.3) is 5.88 Å². The van der Waals surface area contributed by atoms with Gasteiger partial charge >= 0.3 is 16.9 Å². The minimum Gasteiger partial charge on any atom is -0.488 e. The number of nitrogens with one attached hydrogen (secondary N) is 1. The largest absolute Gasteiger partial charge is 0.488 e.